The van der Waals surface area contributed by atoms with E-state index in [2.05, 4.69) is 6.92 Å². The summed E-state index contributed by atoms with van der Waals surface area (Å²) >= 11 is 0. The number of phosphoric ester groups is 1. The van der Waals surface area contributed by atoms with Crippen LogP contribution in [0.3, 0.4) is 0 Å². The molecule has 0 fully saturated rings. The predicted molar refractivity (Wildman–Crippen MR) is 105 cm³/mol. The standard InChI is InChI=1S/C18H39O4P.K.H/c1-3-5-6-7-8-9-10-11-12-13-14-15-16-17-18(4-2)22-23(19,20)21;;/h18H,3-17H2,1-2H3,(H2,19,20,21);;. The van der Waals surface area contributed by atoms with E-state index in [0.29, 0.717) is 6.42 Å². The summed E-state index contributed by atoms with van der Waals surface area (Å²) in [6, 6.07) is 0. The van der Waals surface area contributed by atoms with Crippen LogP contribution in [0.5, 0.6) is 0 Å². The molecule has 142 valence electrons. The van der Waals surface area contributed by atoms with Gasteiger partial charge in [0, 0.05) is 0 Å². The molecule has 6 heteroatoms. The molecule has 0 aliphatic heterocycles. The van der Waals surface area contributed by atoms with Crippen molar-refractivity contribution in [2.75, 3.05) is 0 Å². The zero-order chi connectivity index (χ0) is 17.4. The second kappa shape index (κ2) is 19.5. The molecule has 0 saturated heterocycles. The Morgan fingerprint density at radius 3 is 1.46 bits per heavy atom. The average molecular weight is 391 g/mol. The Morgan fingerprint density at radius 1 is 0.750 bits per heavy atom. The Hall–Kier alpha value is 1.75. The molecule has 0 aliphatic carbocycles. The molecule has 2 N–H and O–H groups in total. The molecule has 0 radical (unpaired) electrons. The summed E-state index contributed by atoms with van der Waals surface area (Å²) in [6.07, 6.45) is 18.1. The zero-order valence-corrected chi connectivity index (χ0v) is 16.2. The fourth-order valence-electron chi connectivity index (χ4n) is 2.92. The number of phosphoric acid groups is 1. The van der Waals surface area contributed by atoms with Crippen LogP contribution >= 0.6 is 7.82 Å². The van der Waals surface area contributed by atoms with Crippen molar-refractivity contribution in [1.29, 1.82) is 0 Å². The van der Waals surface area contributed by atoms with Crippen molar-refractivity contribution in [1.82, 2.24) is 0 Å². The molecule has 0 heterocycles. The molecule has 1 atom stereocenters. The molecule has 1 unspecified atom stereocenters. The van der Waals surface area contributed by atoms with Crippen LogP contribution in [0.15, 0.2) is 0 Å². The molecule has 4 nitrogen and oxygen atoms in total. The van der Waals surface area contributed by atoms with Crippen LogP contribution in [0.2, 0.25) is 0 Å². The minimum absolute atomic E-state index is 0. The first-order valence-electron chi connectivity index (χ1n) is 9.73. The van der Waals surface area contributed by atoms with Gasteiger partial charge in [-0.1, -0.05) is 97.3 Å². The molecular weight excluding hydrogens is 350 g/mol. The first-order valence-corrected chi connectivity index (χ1v) is 11.3. The van der Waals surface area contributed by atoms with Gasteiger partial charge in [-0.2, -0.15) is 0 Å². The second-order valence-electron chi connectivity index (χ2n) is 6.66. The maximum atomic E-state index is 10.8. The van der Waals surface area contributed by atoms with E-state index in [1.54, 1.807) is 0 Å². The Balaban J connectivity index is 0. The number of rotatable bonds is 17. The summed E-state index contributed by atoms with van der Waals surface area (Å²) in [4.78, 5) is 17.6. The first kappa shape index (κ1) is 28.0. The second-order valence-corrected chi connectivity index (χ2v) is 7.85. The van der Waals surface area contributed by atoms with Gasteiger partial charge in [-0.05, 0) is 12.8 Å². The van der Waals surface area contributed by atoms with Crippen LogP contribution in [-0.2, 0) is 9.09 Å². The fraction of sp³-hybridized carbons (Fsp3) is 1.00. The molecule has 0 saturated carbocycles. The van der Waals surface area contributed by atoms with Crippen molar-refractivity contribution in [2.24, 2.45) is 0 Å². The summed E-state index contributed by atoms with van der Waals surface area (Å²) in [5.74, 6) is 0. The van der Waals surface area contributed by atoms with E-state index in [1.807, 2.05) is 6.92 Å². The number of hydrogen-bond donors (Lipinski definition) is 2. The van der Waals surface area contributed by atoms with Crippen LogP contribution in [0.4, 0.5) is 0 Å². The fourth-order valence-corrected chi connectivity index (χ4v) is 3.56. The molecule has 0 rings (SSSR count). The van der Waals surface area contributed by atoms with Crippen LogP contribution in [-0.4, -0.2) is 67.3 Å². The van der Waals surface area contributed by atoms with Crippen LogP contribution in [0, 0.1) is 0 Å². The minimum atomic E-state index is -4.32. The van der Waals surface area contributed by atoms with Crippen molar-refractivity contribution in [3.8, 4) is 0 Å². The van der Waals surface area contributed by atoms with Crippen LogP contribution in [0.1, 0.15) is 110 Å². The first-order chi connectivity index (χ1) is 11.0. The van der Waals surface area contributed by atoms with E-state index in [0.717, 1.165) is 19.3 Å². The monoisotopic (exact) mass is 390 g/mol. The van der Waals surface area contributed by atoms with Crippen molar-refractivity contribution in [3.63, 3.8) is 0 Å². The molecule has 0 aliphatic rings. The van der Waals surface area contributed by atoms with E-state index < -0.39 is 7.82 Å². The van der Waals surface area contributed by atoms with Crippen molar-refractivity contribution in [2.45, 2.75) is 116 Å². The number of hydrogen-bond acceptors (Lipinski definition) is 2. The molecule has 0 aromatic heterocycles. The maximum absolute atomic E-state index is 10.8. The van der Waals surface area contributed by atoms with Crippen molar-refractivity contribution >= 4 is 59.2 Å². The molecular formula is C18H40KO4P. The summed E-state index contributed by atoms with van der Waals surface area (Å²) < 4.78 is 15.6. The average Bonchev–Trinajstić information content (AvgIpc) is 2.49. The third kappa shape index (κ3) is 21.8. The van der Waals surface area contributed by atoms with Crippen molar-refractivity contribution in [3.05, 3.63) is 0 Å². The normalized spacial score (nSPS) is 12.8. The van der Waals surface area contributed by atoms with Gasteiger partial charge in [0.2, 0.25) is 0 Å². The Morgan fingerprint density at radius 2 is 1.12 bits per heavy atom. The van der Waals surface area contributed by atoms with Gasteiger partial charge in [-0.3, -0.25) is 4.52 Å². The molecule has 24 heavy (non-hydrogen) atoms. The third-order valence-electron chi connectivity index (χ3n) is 4.37. The SMILES string of the molecule is CCCCCCCCCCCCCCCC(CC)OP(=O)(O)O.[KH]. The number of unbranched alkanes of at least 4 members (excludes halogenated alkanes) is 12. The van der Waals surface area contributed by atoms with Gasteiger partial charge < -0.3 is 9.79 Å². The quantitative estimate of drug-likeness (QED) is 0.190. The molecule has 0 spiro atoms. The Bertz CT molecular complexity index is 297. The molecule has 0 amide bonds. The zero-order valence-electron chi connectivity index (χ0n) is 15.3. The molecule has 0 bridgehead atoms. The van der Waals surface area contributed by atoms with Gasteiger partial charge in [-0.15, -0.1) is 0 Å². The summed E-state index contributed by atoms with van der Waals surface area (Å²) in [7, 11) is -4.32. The van der Waals surface area contributed by atoms with Crippen molar-refractivity contribution < 1.29 is 18.9 Å². The Kier molecular flexibility index (Phi) is 22.7. The van der Waals surface area contributed by atoms with E-state index in [-0.39, 0.29) is 57.5 Å². The van der Waals surface area contributed by atoms with E-state index >= 15 is 0 Å². The van der Waals surface area contributed by atoms with E-state index in [4.69, 9.17) is 14.3 Å². The third-order valence-corrected chi connectivity index (χ3v) is 4.94. The molecule has 0 aromatic carbocycles. The van der Waals surface area contributed by atoms with Gasteiger partial charge in [0.15, 0.2) is 0 Å². The molecule has 0 aromatic rings. The Labute approximate surface area is 192 Å². The summed E-state index contributed by atoms with van der Waals surface area (Å²) in [5.41, 5.74) is 0. The topological polar surface area (TPSA) is 66.8 Å². The van der Waals surface area contributed by atoms with Gasteiger partial charge in [0.05, 0.1) is 6.10 Å². The summed E-state index contributed by atoms with van der Waals surface area (Å²) in [5, 5.41) is 0. The van der Waals surface area contributed by atoms with E-state index in [9.17, 15) is 4.57 Å². The summed E-state index contributed by atoms with van der Waals surface area (Å²) in [6.45, 7) is 4.16. The predicted octanol–water partition coefficient (Wildman–Crippen LogP) is 5.71. The van der Waals surface area contributed by atoms with Gasteiger partial charge in [-0.25, -0.2) is 4.57 Å². The van der Waals surface area contributed by atoms with E-state index in [1.165, 1.54) is 70.6 Å². The van der Waals surface area contributed by atoms with Gasteiger partial charge in [0.25, 0.3) is 0 Å². The van der Waals surface area contributed by atoms with Crippen LogP contribution < -0.4 is 0 Å². The van der Waals surface area contributed by atoms with Gasteiger partial charge in [0.1, 0.15) is 0 Å². The van der Waals surface area contributed by atoms with Gasteiger partial charge >= 0.3 is 59.2 Å². The van der Waals surface area contributed by atoms with Crippen LogP contribution in [0.25, 0.3) is 0 Å².